The van der Waals surface area contributed by atoms with Crippen molar-refractivity contribution in [1.82, 2.24) is 0 Å². The van der Waals surface area contributed by atoms with E-state index in [1.54, 1.807) is 18.2 Å². The molecule has 132 valence electrons. The second-order valence-electron chi connectivity index (χ2n) is 6.09. The minimum absolute atomic E-state index is 0.264. The Hall–Kier alpha value is -2.34. The van der Waals surface area contributed by atoms with E-state index in [1.165, 1.54) is 31.3 Å². The van der Waals surface area contributed by atoms with Crippen LogP contribution in [-0.2, 0) is 4.74 Å². The van der Waals surface area contributed by atoms with Crippen molar-refractivity contribution in [2.75, 3.05) is 12.4 Å². The lowest BCUT2D eigenvalue weighted by atomic mass is 10.2. The number of aryl methyl sites for hydroxylation is 1. The first-order valence-electron chi connectivity index (χ1n) is 8.33. The van der Waals surface area contributed by atoms with Gasteiger partial charge in [0.2, 0.25) is 0 Å². The van der Waals surface area contributed by atoms with Crippen LogP contribution in [0.2, 0.25) is 0 Å². The molecule has 2 aromatic rings. The standard InChI is InChI=1S/C19H21NO4S/c1-12-11-16(19(22)23-2)18(25-12)20-17(21)13-7-9-15(10-8-13)24-14-5-3-4-6-14/h7-11,14H,3-6H2,1-2H3,(H,20,21). The van der Waals surface area contributed by atoms with E-state index >= 15 is 0 Å². The third-order valence-corrected chi connectivity index (χ3v) is 5.18. The van der Waals surface area contributed by atoms with Crippen LogP contribution >= 0.6 is 11.3 Å². The van der Waals surface area contributed by atoms with Crippen molar-refractivity contribution in [3.63, 3.8) is 0 Å². The Kier molecular flexibility index (Phi) is 5.38. The predicted octanol–water partition coefficient (Wildman–Crippen LogP) is 4.42. The van der Waals surface area contributed by atoms with Gasteiger partial charge in [-0.15, -0.1) is 11.3 Å². The molecule has 1 aromatic heterocycles. The molecule has 1 N–H and O–H groups in total. The maximum absolute atomic E-state index is 12.4. The highest BCUT2D eigenvalue weighted by molar-refractivity contribution is 7.16. The molecule has 1 heterocycles. The van der Waals surface area contributed by atoms with E-state index in [9.17, 15) is 9.59 Å². The van der Waals surface area contributed by atoms with Gasteiger partial charge in [0.1, 0.15) is 10.8 Å². The summed E-state index contributed by atoms with van der Waals surface area (Å²) in [5, 5.41) is 3.29. The minimum Gasteiger partial charge on any atom is -0.490 e. The summed E-state index contributed by atoms with van der Waals surface area (Å²) in [6.07, 6.45) is 4.91. The Morgan fingerprint density at radius 1 is 1.16 bits per heavy atom. The zero-order valence-electron chi connectivity index (χ0n) is 14.3. The quantitative estimate of drug-likeness (QED) is 0.803. The first-order chi connectivity index (χ1) is 12.1. The number of anilines is 1. The van der Waals surface area contributed by atoms with Crippen LogP contribution < -0.4 is 10.1 Å². The molecule has 5 nitrogen and oxygen atoms in total. The topological polar surface area (TPSA) is 64.6 Å². The summed E-state index contributed by atoms with van der Waals surface area (Å²) in [7, 11) is 1.32. The molecule has 1 aliphatic carbocycles. The number of hydrogen-bond acceptors (Lipinski definition) is 5. The first-order valence-corrected chi connectivity index (χ1v) is 9.15. The van der Waals surface area contributed by atoms with Crippen molar-refractivity contribution in [3.05, 3.63) is 46.3 Å². The fourth-order valence-corrected chi connectivity index (χ4v) is 3.82. The average Bonchev–Trinajstić information content (AvgIpc) is 3.24. The number of nitrogens with one attached hydrogen (secondary N) is 1. The minimum atomic E-state index is -0.458. The Morgan fingerprint density at radius 2 is 1.84 bits per heavy atom. The highest BCUT2D eigenvalue weighted by Gasteiger charge is 2.19. The zero-order valence-corrected chi connectivity index (χ0v) is 15.2. The number of carbonyl (C=O) groups excluding carboxylic acids is 2. The molecule has 0 atom stereocenters. The van der Waals surface area contributed by atoms with Crippen LogP contribution in [0.1, 0.15) is 51.3 Å². The van der Waals surface area contributed by atoms with Crippen LogP contribution in [0.25, 0.3) is 0 Å². The lowest BCUT2D eigenvalue weighted by molar-refractivity contribution is 0.0602. The molecule has 0 saturated heterocycles. The van der Waals surface area contributed by atoms with E-state index in [0.717, 1.165) is 23.5 Å². The van der Waals surface area contributed by atoms with Gasteiger partial charge in [0.05, 0.1) is 18.8 Å². The van der Waals surface area contributed by atoms with Crippen LogP contribution in [0.3, 0.4) is 0 Å². The molecule has 0 spiro atoms. The lowest BCUT2D eigenvalue weighted by Crippen LogP contribution is -2.14. The van der Waals surface area contributed by atoms with Gasteiger partial charge in [0.15, 0.2) is 0 Å². The third kappa shape index (κ3) is 4.20. The van der Waals surface area contributed by atoms with E-state index in [-0.39, 0.29) is 12.0 Å². The highest BCUT2D eigenvalue weighted by atomic mass is 32.1. The van der Waals surface area contributed by atoms with Crippen LogP contribution in [0.15, 0.2) is 30.3 Å². The smallest absolute Gasteiger partial charge is 0.340 e. The molecule has 1 aromatic carbocycles. The molecular formula is C19H21NO4S. The van der Waals surface area contributed by atoms with Gasteiger partial charge in [-0.1, -0.05) is 0 Å². The molecule has 25 heavy (non-hydrogen) atoms. The third-order valence-electron chi connectivity index (χ3n) is 4.21. The van der Waals surface area contributed by atoms with E-state index in [2.05, 4.69) is 5.32 Å². The summed E-state index contributed by atoms with van der Waals surface area (Å²) in [6.45, 7) is 1.88. The zero-order chi connectivity index (χ0) is 17.8. The summed E-state index contributed by atoms with van der Waals surface area (Å²) < 4.78 is 10.7. The first kappa shape index (κ1) is 17.5. The predicted molar refractivity (Wildman–Crippen MR) is 97.7 cm³/mol. The number of esters is 1. The van der Waals surface area contributed by atoms with Gasteiger partial charge in [0.25, 0.3) is 5.91 Å². The summed E-state index contributed by atoms with van der Waals surface area (Å²) in [6, 6.07) is 8.81. The van der Waals surface area contributed by atoms with Gasteiger partial charge < -0.3 is 14.8 Å². The number of thiophene rings is 1. The van der Waals surface area contributed by atoms with Crippen molar-refractivity contribution >= 4 is 28.2 Å². The molecular weight excluding hydrogens is 338 g/mol. The van der Waals surface area contributed by atoms with E-state index < -0.39 is 5.97 Å². The number of hydrogen-bond donors (Lipinski definition) is 1. The monoisotopic (exact) mass is 359 g/mol. The van der Waals surface area contributed by atoms with E-state index in [4.69, 9.17) is 9.47 Å². The molecule has 1 saturated carbocycles. The number of methoxy groups -OCH3 is 1. The fraction of sp³-hybridized carbons (Fsp3) is 0.368. The second kappa shape index (κ2) is 7.70. The number of amides is 1. The lowest BCUT2D eigenvalue weighted by Gasteiger charge is -2.13. The highest BCUT2D eigenvalue weighted by Crippen LogP contribution is 2.29. The van der Waals surface area contributed by atoms with Crippen LogP contribution in [0.4, 0.5) is 5.00 Å². The molecule has 0 bridgehead atoms. The Balaban J connectivity index is 1.68. The molecule has 1 fully saturated rings. The number of carbonyl (C=O) groups is 2. The molecule has 0 radical (unpaired) electrons. The molecule has 3 rings (SSSR count). The van der Waals surface area contributed by atoms with Gasteiger partial charge in [0, 0.05) is 10.4 Å². The van der Waals surface area contributed by atoms with Gasteiger partial charge in [-0.25, -0.2) is 4.79 Å². The fourth-order valence-electron chi connectivity index (χ4n) is 2.93. The maximum Gasteiger partial charge on any atom is 0.340 e. The molecule has 0 aliphatic heterocycles. The summed E-state index contributed by atoms with van der Waals surface area (Å²) in [5.74, 6) is 0.0602. The van der Waals surface area contributed by atoms with Crippen LogP contribution in [0, 0.1) is 6.92 Å². The van der Waals surface area contributed by atoms with Gasteiger partial charge in [-0.05, 0) is 62.9 Å². The molecule has 1 aliphatic rings. The van der Waals surface area contributed by atoms with Crippen LogP contribution in [-0.4, -0.2) is 25.1 Å². The van der Waals surface area contributed by atoms with Gasteiger partial charge in [-0.3, -0.25) is 4.79 Å². The normalized spacial score (nSPS) is 14.3. The van der Waals surface area contributed by atoms with Gasteiger partial charge >= 0.3 is 5.97 Å². The average molecular weight is 359 g/mol. The van der Waals surface area contributed by atoms with E-state index in [0.29, 0.717) is 16.1 Å². The number of ether oxygens (including phenoxy) is 2. The van der Waals surface area contributed by atoms with Crippen molar-refractivity contribution in [1.29, 1.82) is 0 Å². The van der Waals surface area contributed by atoms with Crippen molar-refractivity contribution in [2.45, 2.75) is 38.7 Å². The SMILES string of the molecule is COC(=O)c1cc(C)sc1NC(=O)c1ccc(OC2CCCC2)cc1. The van der Waals surface area contributed by atoms with Crippen molar-refractivity contribution < 1.29 is 19.1 Å². The van der Waals surface area contributed by atoms with Crippen molar-refractivity contribution in [3.8, 4) is 5.75 Å². The molecule has 6 heteroatoms. The van der Waals surface area contributed by atoms with Crippen LogP contribution in [0.5, 0.6) is 5.75 Å². The number of benzene rings is 1. The Bertz CT molecular complexity index is 760. The Morgan fingerprint density at radius 3 is 2.48 bits per heavy atom. The summed E-state index contributed by atoms with van der Waals surface area (Å²) in [5.41, 5.74) is 0.889. The molecule has 0 unspecified atom stereocenters. The van der Waals surface area contributed by atoms with E-state index in [1.807, 2.05) is 19.1 Å². The second-order valence-corrected chi connectivity index (χ2v) is 7.35. The maximum atomic E-state index is 12.4. The number of rotatable bonds is 5. The molecule has 1 amide bonds. The largest absolute Gasteiger partial charge is 0.490 e. The summed E-state index contributed by atoms with van der Waals surface area (Å²) >= 11 is 1.35. The van der Waals surface area contributed by atoms with Crippen molar-refractivity contribution in [2.24, 2.45) is 0 Å². The van der Waals surface area contributed by atoms with Gasteiger partial charge in [-0.2, -0.15) is 0 Å². The Labute approximate surface area is 151 Å². The summed E-state index contributed by atoms with van der Waals surface area (Å²) in [4.78, 5) is 25.2.